The van der Waals surface area contributed by atoms with Crippen LogP contribution in [-0.4, -0.2) is 69.1 Å². The van der Waals surface area contributed by atoms with E-state index in [1.165, 1.54) is 0 Å². The van der Waals surface area contributed by atoms with Crippen molar-refractivity contribution >= 4 is 75.3 Å². The topological polar surface area (TPSA) is 78.8 Å². The Labute approximate surface area is 222 Å². The van der Waals surface area contributed by atoms with E-state index in [0.29, 0.717) is 31.9 Å². The second kappa shape index (κ2) is 13.6. The van der Waals surface area contributed by atoms with E-state index >= 15 is 0 Å². The standard InChI is InChI=1S/C19H22Cl6N4O4/c1-30-11-32-9-7-29(8-10-33-12-31-2)14-5-3-13(4-6-14)15-26-16(18(20,21)22)28-17(27-15)19(23,24)25/h3-6H,7-12H2,1-2H3. The van der Waals surface area contributed by atoms with Crippen LogP contribution in [0.5, 0.6) is 0 Å². The van der Waals surface area contributed by atoms with Gasteiger partial charge in [0.2, 0.25) is 7.59 Å². The van der Waals surface area contributed by atoms with Crippen LogP contribution in [0.1, 0.15) is 11.6 Å². The average Bonchev–Trinajstić information content (AvgIpc) is 2.77. The number of anilines is 1. The Hall–Kier alpha value is -0.390. The smallest absolute Gasteiger partial charge is 0.250 e. The normalized spacial score (nSPS) is 12.2. The van der Waals surface area contributed by atoms with Crippen LogP contribution >= 0.6 is 69.6 Å². The molecule has 0 amide bonds. The largest absolute Gasteiger partial charge is 0.367 e. The molecular weight excluding hydrogens is 561 g/mol. The van der Waals surface area contributed by atoms with Crippen LogP contribution in [0.3, 0.4) is 0 Å². The number of benzene rings is 1. The number of alkyl halides is 6. The zero-order valence-electron chi connectivity index (χ0n) is 17.7. The maximum absolute atomic E-state index is 5.95. The van der Waals surface area contributed by atoms with Gasteiger partial charge in [-0.2, -0.15) is 0 Å². The van der Waals surface area contributed by atoms with E-state index in [-0.39, 0.29) is 31.1 Å². The van der Waals surface area contributed by atoms with Gasteiger partial charge in [0.25, 0.3) is 0 Å². The lowest BCUT2D eigenvalue weighted by Gasteiger charge is -2.25. The van der Waals surface area contributed by atoms with Crippen LogP contribution in [0.15, 0.2) is 24.3 Å². The quantitative estimate of drug-likeness (QED) is 0.191. The predicted octanol–water partition coefficient (Wildman–Crippen LogP) is 5.24. The summed E-state index contributed by atoms with van der Waals surface area (Å²) >= 11 is 35.7. The summed E-state index contributed by atoms with van der Waals surface area (Å²) in [5.41, 5.74) is 1.52. The van der Waals surface area contributed by atoms with Gasteiger partial charge >= 0.3 is 0 Å². The highest BCUT2D eigenvalue weighted by molar-refractivity contribution is 6.67. The zero-order chi connectivity index (χ0) is 24.5. The van der Waals surface area contributed by atoms with Crippen molar-refractivity contribution in [2.45, 2.75) is 7.59 Å². The fourth-order valence-electron chi connectivity index (χ4n) is 2.58. The Balaban J connectivity index is 2.28. The third-order valence-corrected chi connectivity index (χ3v) is 5.06. The van der Waals surface area contributed by atoms with E-state index in [9.17, 15) is 0 Å². The van der Waals surface area contributed by atoms with E-state index in [1.54, 1.807) is 26.4 Å². The molecule has 0 atom stereocenters. The summed E-state index contributed by atoms with van der Waals surface area (Å²) in [5.74, 6) is -0.122. The van der Waals surface area contributed by atoms with Crippen molar-refractivity contribution in [3.63, 3.8) is 0 Å². The van der Waals surface area contributed by atoms with Crippen LogP contribution in [0.2, 0.25) is 0 Å². The highest BCUT2D eigenvalue weighted by atomic mass is 35.6. The molecule has 0 aliphatic carbocycles. The summed E-state index contributed by atoms with van der Waals surface area (Å²) in [5, 5.41) is 0. The molecule has 1 aromatic heterocycles. The molecule has 0 saturated carbocycles. The summed E-state index contributed by atoms with van der Waals surface area (Å²) in [6.07, 6.45) is 0. The molecule has 8 nitrogen and oxygen atoms in total. The van der Waals surface area contributed by atoms with E-state index in [1.807, 2.05) is 12.1 Å². The van der Waals surface area contributed by atoms with Crippen molar-refractivity contribution in [3.05, 3.63) is 35.9 Å². The predicted molar refractivity (Wildman–Crippen MR) is 132 cm³/mol. The number of halogens is 6. The molecule has 1 heterocycles. The first-order valence-electron chi connectivity index (χ1n) is 9.45. The minimum Gasteiger partial charge on any atom is -0.367 e. The maximum atomic E-state index is 5.95. The Kier molecular flexibility index (Phi) is 11.9. The van der Waals surface area contributed by atoms with Gasteiger partial charge in [-0.15, -0.1) is 0 Å². The first-order valence-corrected chi connectivity index (χ1v) is 11.7. The number of nitrogens with zero attached hydrogens (tertiary/aromatic N) is 4. The van der Waals surface area contributed by atoms with Crippen molar-refractivity contribution in [2.75, 3.05) is 59.0 Å². The number of rotatable bonds is 12. The van der Waals surface area contributed by atoms with Crippen molar-refractivity contribution < 1.29 is 18.9 Å². The Morgan fingerprint density at radius 3 is 1.58 bits per heavy atom. The highest BCUT2D eigenvalue weighted by Crippen LogP contribution is 2.40. The van der Waals surface area contributed by atoms with Crippen LogP contribution in [0.25, 0.3) is 11.4 Å². The van der Waals surface area contributed by atoms with Crippen LogP contribution in [-0.2, 0) is 26.5 Å². The van der Waals surface area contributed by atoms with E-state index < -0.39 is 7.59 Å². The highest BCUT2D eigenvalue weighted by Gasteiger charge is 2.34. The lowest BCUT2D eigenvalue weighted by Crippen LogP contribution is -2.31. The van der Waals surface area contributed by atoms with Gasteiger partial charge in [0.05, 0.1) is 13.2 Å². The molecule has 33 heavy (non-hydrogen) atoms. The molecule has 184 valence electrons. The number of hydrogen-bond acceptors (Lipinski definition) is 8. The van der Waals surface area contributed by atoms with Crippen LogP contribution in [0.4, 0.5) is 5.69 Å². The summed E-state index contributed by atoms with van der Waals surface area (Å²) in [6.45, 7) is 2.57. The van der Waals surface area contributed by atoms with Gasteiger partial charge in [0.1, 0.15) is 13.6 Å². The van der Waals surface area contributed by atoms with Crippen molar-refractivity contribution in [3.8, 4) is 11.4 Å². The van der Waals surface area contributed by atoms with Gasteiger partial charge in [0.15, 0.2) is 17.5 Å². The monoisotopic (exact) mass is 580 g/mol. The molecule has 0 aliphatic heterocycles. The number of methoxy groups -OCH3 is 2. The van der Waals surface area contributed by atoms with Gasteiger partial charge in [0, 0.05) is 38.6 Å². The molecule has 0 fully saturated rings. The summed E-state index contributed by atoms with van der Waals surface area (Å²) < 4.78 is 16.8. The Bertz CT molecular complexity index is 821. The molecule has 0 unspecified atom stereocenters. The van der Waals surface area contributed by atoms with Crippen LogP contribution < -0.4 is 4.90 Å². The van der Waals surface area contributed by atoms with Gasteiger partial charge < -0.3 is 23.8 Å². The summed E-state index contributed by atoms with van der Waals surface area (Å²) in [4.78, 5) is 14.5. The third-order valence-electron chi connectivity index (χ3n) is 4.05. The molecule has 0 bridgehead atoms. The number of aromatic nitrogens is 3. The summed E-state index contributed by atoms with van der Waals surface area (Å²) in [7, 11) is 3.14. The second-order valence-electron chi connectivity index (χ2n) is 6.47. The van der Waals surface area contributed by atoms with Gasteiger partial charge in [-0.1, -0.05) is 69.6 Å². The third kappa shape index (κ3) is 9.64. The first-order chi connectivity index (χ1) is 15.6. The fraction of sp³-hybridized carbons (Fsp3) is 0.526. The molecule has 0 spiro atoms. The molecule has 0 saturated heterocycles. The average molecular weight is 583 g/mol. The number of ether oxygens (including phenoxy) is 4. The lowest BCUT2D eigenvalue weighted by atomic mass is 10.1. The van der Waals surface area contributed by atoms with Crippen molar-refractivity contribution in [1.82, 2.24) is 15.0 Å². The maximum Gasteiger partial charge on any atom is 0.250 e. The second-order valence-corrected chi connectivity index (χ2v) is 11.0. The Morgan fingerprint density at radius 1 is 0.727 bits per heavy atom. The minimum absolute atomic E-state index is 0.157. The lowest BCUT2D eigenvalue weighted by molar-refractivity contribution is -0.0320. The molecule has 2 rings (SSSR count). The zero-order valence-corrected chi connectivity index (χ0v) is 22.3. The van der Waals surface area contributed by atoms with Crippen molar-refractivity contribution in [1.29, 1.82) is 0 Å². The SMILES string of the molecule is COCOCCN(CCOCOC)c1ccc(-c2nc(C(Cl)(Cl)Cl)nc(C(Cl)(Cl)Cl)n2)cc1. The molecule has 1 aromatic carbocycles. The molecular formula is C19H22Cl6N4O4. The molecule has 14 heteroatoms. The van der Waals surface area contributed by atoms with E-state index in [4.69, 9.17) is 88.6 Å². The van der Waals surface area contributed by atoms with Crippen LogP contribution in [0, 0.1) is 0 Å². The van der Waals surface area contributed by atoms with Gasteiger partial charge in [-0.05, 0) is 24.3 Å². The van der Waals surface area contributed by atoms with E-state index in [0.717, 1.165) is 5.69 Å². The first kappa shape index (κ1) is 28.8. The fourth-order valence-corrected chi connectivity index (χ4v) is 3.09. The van der Waals surface area contributed by atoms with Gasteiger partial charge in [-0.3, -0.25) is 0 Å². The molecule has 0 radical (unpaired) electrons. The molecule has 2 aromatic rings. The number of hydrogen-bond donors (Lipinski definition) is 0. The van der Waals surface area contributed by atoms with Gasteiger partial charge in [-0.25, -0.2) is 15.0 Å². The minimum atomic E-state index is -1.93. The van der Waals surface area contributed by atoms with Crippen molar-refractivity contribution in [2.24, 2.45) is 0 Å². The Morgan fingerprint density at radius 2 is 1.18 bits per heavy atom. The van der Waals surface area contributed by atoms with E-state index in [2.05, 4.69) is 19.9 Å². The molecule has 0 aliphatic rings. The summed E-state index contributed by atoms with van der Waals surface area (Å²) in [6, 6.07) is 7.37. The molecule has 0 N–H and O–H groups in total.